The zero-order valence-electron chi connectivity index (χ0n) is 6.35. The third-order valence-electron chi connectivity index (χ3n) is 0.889. The fourth-order valence-corrected chi connectivity index (χ4v) is 0.720. The van der Waals surface area contributed by atoms with Crippen LogP contribution in [0.15, 0.2) is 46.9 Å². The number of aliphatic hydroxyl groups is 1. The van der Waals surface area contributed by atoms with Gasteiger partial charge in [-0.1, -0.05) is 34.1 Å². The highest BCUT2D eigenvalue weighted by Gasteiger charge is 1.96. The Morgan fingerprint density at radius 1 is 1.08 bits per heavy atom. The van der Waals surface area contributed by atoms with Crippen molar-refractivity contribution >= 4 is 15.9 Å². The first kappa shape index (κ1) is 12.0. The number of hydrogen-bond donors (Lipinski definition) is 1. The highest BCUT2D eigenvalue weighted by molar-refractivity contribution is 9.10. The van der Waals surface area contributed by atoms with E-state index in [2.05, 4.69) is 15.9 Å². The van der Waals surface area contributed by atoms with Crippen LogP contribution in [0, 0.1) is 0 Å². The Hall–Kier alpha value is -0.970. The minimum absolute atomic E-state index is 1.13. The van der Waals surface area contributed by atoms with Crippen molar-refractivity contribution in [3.8, 4) is 0 Å². The van der Waals surface area contributed by atoms with E-state index in [1.165, 1.54) is 0 Å². The van der Waals surface area contributed by atoms with E-state index in [1.54, 1.807) is 0 Å². The first-order chi connectivity index (χ1) is 6.04. The van der Waals surface area contributed by atoms with Gasteiger partial charge < -0.3 is 5.11 Å². The normalized spacial score (nSPS) is 8.31. The SMILES string of the molecule is Brc1ccccc1.OC(F)=C(F)F. The van der Waals surface area contributed by atoms with Gasteiger partial charge in [0.05, 0.1) is 0 Å². The summed E-state index contributed by atoms with van der Waals surface area (Å²) in [6, 6.07) is 7.56. The molecule has 0 saturated carbocycles. The van der Waals surface area contributed by atoms with Crippen LogP contribution < -0.4 is 0 Å². The van der Waals surface area contributed by atoms with Crippen LogP contribution in [0.3, 0.4) is 0 Å². The van der Waals surface area contributed by atoms with E-state index < -0.39 is 12.1 Å². The van der Waals surface area contributed by atoms with E-state index in [-0.39, 0.29) is 0 Å². The molecule has 1 nitrogen and oxygen atoms in total. The van der Waals surface area contributed by atoms with Gasteiger partial charge in [0.1, 0.15) is 0 Å². The maximum absolute atomic E-state index is 10.5. The van der Waals surface area contributed by atoms with Crippen molar-refractivity contribution in [3.05, 3.63) is 46.9 Å². The van der Waals surface area contributed by atoms with Gasteiger partial charge in [-0.3, -0.25) is 0 Å². The molecule has 72 valence electrons. The lowest BCUT2D eigenvalue weighted by Gasteiger charge is -1.80. The molecule has 0 saturated heterocycles. The lowest BCUT2D eigenvalue weighted by Crippen LogP contribution is -1.65. The average molecular weight is 255 g/mol. The van der Waals surface area contributed by atoms with Gasteiger partial charge in [-0.25, -0.2) is 0 Å². The van der Waals surface area contributed by atoms with Crippen LogP contribution in [-0.4, -0.2) is 5.11 Å². The maximum Gasteiger partial charge on any atom is 0.341 e. The summed E-state index contributed by atoms with van der Waals surface area (Å²) in [5, 5.41) is 7.09. The maximum atomic E-state index is 10.5. The molecule has 0 atom stereocenters. The second kappa shape index (κ2) is 6.54. The number of halogens is 4. The fourth-order valence-electron chi connectivity index (χ4n) is 0.415. The molecule has 1 aromatic rings. The summed E-state index contributed by atoms with van der Waals surface area (Å²) in [4.78, 5) is 0. The van der Waals surface area contributed by atoms with E-state index >= 15 is 0 Å². The molecule has 0 amide bonds. The zero-order chi connectivity index (χ0) is 10.3. The summed E-state index contributed by atoms with van der Waals surface area (Å²) in [6.07, 6.45) is -2.69. The van der Waals surface area contributed by atoms with Crippen molar-refractivity contribution in [2.45, 2.75) is 0 Å². The van der Waals surface area contributed by atoms with Crippen LogP contribution >= 0.6 is 15.9 Å². The molecule has 1 rings (SSSR count). The monoisotopic (exact) mass is 254 g/mol. The third kappa shape index (κ3) is 7.39. The van der Waals surface area contributed by atoms with Gasteiger partial charge in [0.15, 0.2) is 0 Å². The molecule has 5 heteroatoms. The van der Waals surface area contributed by atoms with Crippen molar-refractivity contribution in [2.75, 3.05) is 0 Å². The smallest absolute Gasteiger partial charge is 0.341 e. The summed E-state index contributed by atoms with van der Waals surface area (Å²) in [5.74, 6) is 0. The molecule has 0 bridgehead atoms. The van der Waals surface area contributed by atoms with Crippen LogP contribution in [0.25, 0.3) is 0 Å². The molecule has 0 heterocycles. The Kier molecular flexibility index (Phi) is 6.05. The molecule has 0 aromatic heterocycles. The molecule has 13 heavy (non-hydrogen) atoms. The summed E-state index contributed by atoms with van der Waals surface area (Å²) in [5.41, 5.74) is 0. The van der Waals surface area contributed by atoms with Gasteiger partial charge >= 0.3 is 12.1 Å². The summed E-state index contributed by atoms with van der Waals surface area (Å²) < 4.78 is 32.5. The van der Waals surface area contributed by atoms with Gasteiger partial charge in [-0.2, -0.15) is 13.2 Å². The minimum Gasteiger partial charge on any atom is -0.483 e. The van der Waals surface area contributed by atoms with E-state index in [4.69, 9.17) is 5.11 Å². The van der Waals surface area contributed by atoms with Crippen molar-refractivity contribution in [1.29, 1.82) is 0 Å². The Bertz CT molecular complexity index is 256. The molecule has 1 aromatic carbocycles. The molecule has 0 aliphatic carbocycles. The average Bonchev–Trinajstić information content (AvgIpc) is 2.06. The van der Waals surface area contributed by atoms with Gasteiger partial charge in [0.2, 0.25) is 0 Å². The predicted octanol–water partition coefficient (Wildman–Crippen LogP) is 4.03. The number of benzene rings is 1. The van der Waals surface area contributed by atoms with Crippen molar-refractivity contribution in [1.82, 2.24) is 0 Å². The minimum atomic E-state index is -2.69. The van der Waals surface area contributed by atoms with E-state index in [0.717, 1.165) is 4.47 Å². The van der Waals surface area contributed by atoms with Gasteiger partial charge in [0, 0.05) is 4.47 Å². The summed E-state index contributed by atoms with van der Waals surface area (Å²) in [7, 11) is 0. The van der Waals surface area contributed by atoms with Gasteiger partial charge in [-0.05, 0) is 12.1 Å². The first-order valence-electron chi connectivity index (χ1n) is 3.14. The van der Waals surface area contributed by atoms with E-state index in [1.807, 2.05) is 30.3 Å². The molecule has 0 aliphatic heterocycles. The van der Waals surface area contributed by atoms with Crippen LogP contribution in [0.1, 0.15) is 0 Å². The van der Waals surface area contributed by atoms with Crippen LogP contribution in [0.5, 0.6) is 0 Å². The van der Waals surface area contributed by atoms with Crippen LogP contribution in [0.2, 0.25) is 0 Å². The Labute approximate surface area is 81.6 Å². The highest BCUT2D eigenvalue weighted by atomic mass is 79.9. The van der Waals surface area contributed by atoms with Crippen LogP contribution in [-0.2, 0) is 0 Å². The highest BCUT2D eigenvalue weighted by Crippen LogP contribution is 2.05. The number of rotatable bonds is 0. The standard InChI is InChI=1S/C6H5Br.C2HF3O/c7-6-4-2-1-3-5-6;3-1(4)2(5)6/h1-5H;6H. The quantitative estimate of drug-likeness (QED) is 0.694. The van der Waals surface area contributed by atoms with Crippen molar-refractivity contribution in [2.24, 2.45) is 0 Å². The molecule has 0 spiro atoms. The zero-order valence-corrected chi connectivity index (χ0v) is 7.93. The second-order valence-electron chi connectivity index (χ2n) is 1.85. The Morgan fingerprint density at radius 3 is 1.62 bits per heavy atom. The van der Waals surface area contributed by atoms with Crippen molar-refractivity contribution in [3.63, 3.8) is 0 Å². The van der Waals surface area contributed by atoms with E-state index in [0.29, 0.717) is 0 Å². The van der Waals surface area contributed by atoms with Crippen LogP contribution in [0.4, 0.5) is 13.2 Å². The topological polar surface area (TPSA) is 20.2 Å². The van der Waals surface area contributed by atoms with Gasteiger partial charge in [0.25, 0.3) is 0 Å². The predicted molar refractivity (Wildman–Crippen MR) is 47.1 cm³/mol. The van der Waals surface area contributed by atoms with Gasteiger partial charge in [-0.15, -0.1) is 0 Å². The molecular weight excluding hydrogens is 249 g/mol. The molecular formula is C8H6BrF3O. The third-order valence-corrected chi connectivity index (χ3v) is 1.42. The molecule has 0 unspecified atom stereocenters. The summed E-state index contributed by atoms with van der Waals surface area (Å²) in [6.45, 7) is 0. The Balaban J connectivity index is 0.000000226. The Morgan fingerprint density at radius 2 is 1.46 bits per heavy atom. The second-order valence-corrected chi connectivity index (χ2v) is 2.76. The number of hydrogen-bond acceptors (Lipinski definition) is 1. The molecule has 0 radical (unpaired) electrons. The summed E-state index contributed by atoms with van der Waals surface area (Å²) >= 11 is 3.31. The fraction of sp³-hybridized carbons (Fsp3) is 0. The molecule has 1 N–H and O–H groups in total. The lowest BCUT2D eigenvalue weighted by molar-refractivity contribution is 0.225. The lowest BCUT2D eigenvalue weighted by atomic mass is 10.4. The van der Waals surface area contributed by atoms with Crippen molar-refractivity contribution < 1.29 is 18.3 Å². The largest absolute Gasteiger partial charge is 0.483 e. The number of aliphatic hydroxyl groups excluding tert-OH is 1. The first-order valence-corrected chi connectivity index (χ1v) is 3.93. The van der Waals surface area contributed by atoms with E-state index in [9.17, 15) is 13.2 Å². The molecule has 0 fully saturated rings. The molecule has 0 aliphatic rings.